The van der Waals surface area contributed by atoms with Crippen molar-refractivity contribution in [1.29, 1.82) is 0 Å². The minimum Gasteiger partial charge on any atom is -0.472 e. The molecule has 0 bridgehead atoms. The highest BCUT2D eigenvalue weighted by molar-refractivity contribution is 5.30. The van der Waals surface area contributed by atoms with Gasteiger partial charge in [0.05, 0.1) is 0 Å². The second-order valence-electron chi connectivity index (χ2n) is 3.72. The molecule has 1 heterocycles. The number of hydrogen-bond donors (Lipinski definition) is 2. The maximum atomic E-state index is 12.6. The normalized spacial score (nSPS) is 17.0. The van der Waals surface area contributed by atoms with Gasteiger partial charge in [-0.15, -0.1) is 0 Å². The number of hydrogen-bond acceptors (Lipinski definition) is 3. The quantitative estimate of drug-likeness (QED) is 0.733. The molecule has 1 aliphatic rings. The van der Waals surface area contributed by atoms with Crippen LogP contribution in [-0.4, -0.2) is 32.0 Å². The molecule has 1 rings (SSSR count). The molecule has 0 atom stereocenters. The van der Waals surface area contributed by atoms with Crippen molar-refractivity contribution in [2.75, 3.05) is 19.7 Å². The number of rotatable bonds is 5. The predicted molar refractivity (Wildman–Crippen MR) is 54.7 cm³/mol. The summed E-state index contributed by atoms with van der Waals surface area (Å²) in [4.78, 5) is 0. The van der Waals surface area contributed by atoms with E-state index in [-0.39, 0.29) is 5.88 Å². The van der Waals surface area contributed by atoms with Crippen LogP contribution in [0.1, 0.15) is 6.92 Å². The number of ether oxygens (including phenoxy) is 1. The third kappa shape index (κ3) is 3.62. The lowest BCUT2D eigenvalue weighted by atomic mass is 10.1. The Balaban J connectivity index is 2.62. The monoisotopic (exact) mass is 254 g/mol. The van der Waals surface area contributed by atoms with E-state index in [1.165, 1.54) is 0 Å². The molecule has 17 heavy (non-hydrogen) atoms. The van der Waals surface area contributed by atoms with Gasteiger partial charge < -0.3 is 15.8 Å². The fourth-order valence-electron chi connectivity index (χ4n) is 1.28. The van der Waals surface area contributed by atoms with Crippen LogP contribution in [-0.2, 0) is 4.74 Å². The van der Waals surface area contributed by atoms with Crippen molar-refractivity contribution in [3.63, 3.8) is 0 Å². The van der Waals surface area contributed by atoms with Gasteiger partial charge >= 0.3 is 12.3 Å². The van der Waals surface area contributed by atoms with Gasteiger partial charge in [-0.2, -0.15) is 8.78 Å². The molecule has 0 saturated heterocycles. The maximum Gasteiger partial charge on any atom is 0.340 e. The molecule has 0 radical (unpaired) electrons. The van der Waals surface area contributed by atoms with E-state index >= 15 is 0 Å². The maximum absolute atomic E-state index is 12.6. The van der Waals surface area contributed by atoms with Gasteiger partial charge in [0, 0.05) is 18.7 Å². The van der Waals surface area contributed by atoms with E-state index in [2.05, 4.69) is 10.1 Å². The van der Waals surface area contributed by atoms with Crippen molar-refractivity contribution >= 4 is 0 Å². The summed E-state index contributed by atoms with van der Waals surface area (Å²) in [6.45, 7) is 0.974. The molecular formula is C10H14F4N2O. The van der Waals surface area contributed by atoms with Crippen LogP contribution in [0.2, 0.25) is 0 Å². The fraction of sp³-hybridized carbons (Fsp3) is 0.600. The number of halogens is 4. The first-order valence-corrected chi connectivity index (χ1v) is 5.00. The highest BCUT2D eigenvalue weighted by atomic mass is 19.3. The summed E-state index contributed by atoms with van der Waals surface area (Å²) in [6, 6.07) is 0. The van der Waals surface area contributed by atoms with Gasteiger partial charge in [0.1, 0.15) is 0 Å². The molecule has 0 amide bonds. The molecule has 0 aromatic carbocycles. The highest BCUT2D eigenvalue weighted by Gasteiger charge is 2.42. The lowest BCUT2D eigenvalue weighted by Crippen LogP contribution is -2.35. The van der Waals surface area contributed by atoms with Gasteiger partial charge in [-0.1, -0.05) is 6.08 Å². The van der Waals surface area contributed by atoms with E-state index in [0.29, 0.717) is 18.7 Å². The predicted octanol–water partition coefficient (Wildman–Crippen LogP) is 1.62. The second kappa shape index (κ2) is 5.39. The summed E-state index contributed by atoms with van der Waals surface area (Å²) in [5, 5.41) is 2.71. The van der Waals surface area contributed by atoms with Crippen molar-refractivity contribution in [2.24, 2.45) is 5.73 Å². The van der Waals surface area contributed by atoms with Crippen LogP contribution in [0.15, 0.2) is 23.1 Å². The van der Waals surface area contributed by atoms with Crippen LogP contribution in [0.4, 0.5) is 17.6 Å². The number of nitrogens with two attached hydrogens (primary N) is 1. The van der Waals surface area contributed by atoms with Crippen LogP contribution in [0.5, 0.6) is 0 Å². The Morgan fingerprint density at radius 2 is 2.18 bits per heavy atom. The van der Waals surface area contributed by atoms with Crippen molar-refractivity contribution in [3.8, 4) is 0 Å². The molecule has 0 fully saturated rings. The Labute approximate surface area is 96.3 Å². The number of alkyl halides is 4. The topological polar surface area (TPSA) is 47.3 Å². The average Bonchev–Trinajstić information content (AvgIpc) is 2.27. The van der Waals surface area contributed by atoms with E-state index in [0.717, 1.165) is 5.57 Å². The minimum atomic E-state index is -4.15. The van der Waals surface area contributed by atoms with Crippen molar-refractivity contribution in [1.82, 2.24) is 5.32 Å². The molecular weight excluding hydrogens is 240 g/mol. The Bertz CT molecular complexity index is 339. The fourth-order valence-corrected chi connectivity index (χ4v) is 1.28. The van der Waals surface area contributed by atoms with E-state index < -0.39 is 19.0 Å². The van der Waals surface area contributed by atoms with Crippen LogP contribution < -0.4 is 11.1 Å². The van der Waals surface area contributed by atoms with Crippen LogP contribution in [0.25, 0.3) is 0 Å². The lowest BCUT2D eigenvalue weighted by molar-refractivity contribution is -0.159. The largest absolute Gasteiger partial charge is 0.472 e. The van der Waals surface area contributed by atoms with Crippen LogP contribution in [0.3, 0.4) is 0 Å². The molecule has 0 unspecified atom stereocenters. The Morgan fingerprint density at radius 1 is 1.53 bits per heavy atom. The summed E-state index contributed by atoms with van der Waals surface area (Å²) >= 11 is 0. The Morgan fingerprint density at radius 3 is 2.65 bits per heavy atom. The molecule has 0 saturated carbocycles. The smallest absolute Gasteiger partial charge is 0.340 e. The Hall–Kier alpha value is -1.24. The van der Waals surface area contributed by atoms with Crippen LogP contribution in [0, 0.1) is 0 Å². The highest BCUT2D eigenvalue weighted by Crippen LogP contribution is 2.24. The van der Waals surface area contributed by atoms with E-state index in [4.69, 9.17) is 5.73 Å². The second-order valence-corrected chi connectivity index (χ2v) is 3.72. The molecule has 1 aliphatic heterocycles. The molecule has 98 valence electrons. The molecule has 3 nitrogen and oxygen atoms in total. The van der Waals surface area contributed by atoms with Gasteiger partial charge in [-0.05, 0) is 12.5 Å². The van der Waals surface area contributed by atoms with Crippen molar-refractivity contribution < 1.29 is 22.3 Å². The summed E-state index contributed by atoms with van der Waals surface area (Å²) in [7, 11) is 0. The zero-order valence-electron chi connectivity index (χ0n) is 9.27. The number of dihydropyridines is 1. The van der Waals surface area contributed by atoms with Crippen molar-refractivity contribution in [2.45, 2.75) is 19.3 Å². The number of nitrogens with one attached hydrogen (secondary N) is 1. The molecule has 0 aliphatic carbocycles. The summed E-state index contributed by atoms with van der Waals surface area (Å²) < 4.78 is 53.7. The van der Waals surface area contributed by atoms with Gasteiger partial charge in [0.2, 0.25) is 0 Å². The average molecular weight is 254 g/mol. The summed E-state index contributed by atoms with van der Waals surface area (Å²) in [5.74, 6) is -4.06. The third-order valence-corrected chi connectivity index (χ3v) is 2.25. The first-order chi connectivity index (χ1) is 7.86. The molecule has 0 aromatic heterocycles. The number of allylic oxidation sites excluding steroid dienone is 2. The summed E-state index contributed by atoms with van der Waals surface area (Å²) in [5.41, 5.74) is 6.84. The molecule has 7 heteroatoms. The van der Waals surface area contributed by atoms with E-state index in [1.807, 2.05) is 0 Å². The van der Waals surface area contributed by atoms with E-state index in [1.54, 1.807) is 13.0 Å². The molecule has 0 spiro atoms. The Kier molecular flexibility index (Phi) is 4.39. The van der Waals surface area contributed by atoms with Gasteiger partial charge in [0.15, 0.2) is 12.5 Å². The van der Waals surface area contributed by atoms with Gasteiger partial charge in [-0.3, -0.25) is 0 Å². The van der Waals surface area contributed by atoms with Crippen molar-refractivity contribution in [3.05, 3.63) is 23.1 Å². The minimum absolute atomic E-state index is 0.0857. The third-order valence-electron chi connectivity index (χ3n) is 2.25. The van der Waals surface area contributed by atoms with Crippen LogP contribution >= 0.6 is 0 Å². The standard InChI is InChI=1S/C10H14F4N2O/c1-6-2-7(3-15)4-16-8(6)17-5-10(13,14)9(11)12/h2,9,16H,3-5,15H2,1H3. The SMILES string of the molecule is CC1=C(OCC(F)(F)C(F)F)NCC(CN)=C1. The zero-order valence-corrected chi connectivity index (χ0v) is 9.27. The molecule has 0 aromatic rings. The first-order valence-electron chi connectivity index (χ1n) is 5.00. The van der Waals surface area contributed by atoms with E-state index in [9.17, 15) is 17.6 Å². The van der Waals surface area contributed by atoms with Gasteiger partial charge in [-0.25, -0.2) is 8.78 Å². The lowest BCUT2D eigenvalue weighted by Gasteiger charge is -2.22. The first kappa shape index (κ1) is 13.8. The zero-order chi connectivity index (χ0) is 13.1. The summed E-state index contributed by atoms with van der Waals surface area (Å²) in [6.07, 6.45) is -2.05. The molecule has 3 N–H and O–H groups in total. The van der Waals surface area contributed by atoms with Gasteiger partial charge in [0.25, 0.3) is 0 Å².